The molecule has 2 aromatic heterocycles. The molecular formula is C24H28F2N4O3. The Hall–Kier alpha value is -3.04. The van der Waals surface area contributed by atoms with Gasteiger partial charge >= 0.3 is 0 Å². The molecule has 1 aromatic carbocycles. The highest BCUT2D eigenvalue weighted by Crippen LogP contribution is 2.25. The predicted octanol–water partition coefficient (Wildman–Crippen LogP) is 3.17. The smallest absolute Gasteiger partial charge is 0.255 e. The fraction of sp³-hybridized carbons (Fsp3) is 0.417. The summed E-state index contributed by atoms with van der Waals surface area (Å²) in [6.07, 6.45) is 7.15. The monoisotopic (exact) mass is 458 g/mol. The van der Waals surface area contributed by atoms with E-state index in [2.05, 4.69) is 15.3 Å². The molecule has 176 valence electrons. The number of aliphatic hydroxyl groups excluding tert-OH is 1. The molecule has 2 aliphatic heterocycles. The zero-order valence-electron chi connectivity index (χ0n) is 18.3. The molecule has 7 nitrogen and oxygen atoms in total. The SMILES string of the molecule is Fc1ccc(F)cc1.O=C(NC1(CO)CCOCC1)c1cnn2ccc(N3CCCC3)cc12. The van der Waals surface area contributed by atoms with E-state index in [1.165, 1.54) is 12.8 Å². The molecule has 2 N–H and O–H groups in total. The van der Waals surface area contributed by atoms with Gasteiger partial charge in [0.1, 0.15) is 11.6 Å². The first-order valence-electron chi connectivity index (χ1n) is 11.1. The lowest BCUT2D eigenvalue weighted by Crippen LogP contribution is -2.54. The quantitative estimate of drug-likeness (QED) is 0.628. The first-order chi connectivity index (χ1) is 16.0. The number of amides is 1. The maximum Gasteiger partial charge on any atom is 0.255 e. The fourth-order valence-electron chi connectivity index (χ4n) is 4.14. The molecule has 9 heteroatoms. The van der Waals surface area contributed by atoms with Crippen LogP contribution in [0.15, 0.2) is 48.8 Å². The lowest BCUT2D eigenvalue weighted by Gasteiger charge is -2.36. The third-order valence-electron chi connectivity index (χ3n) is 6.16. The van der Waals surface area contributed by atoms with E-state index in [0.717, 1.165) is 48.6 Å². The van der Waals surface area contributed by atoms with Crippen molar-refractivity contribution in [3.8, 4) is 0 Å². The summed E-state index contributed by atoms with van der Waals surface area (Å²) < 4.78 is 30.9. The Labute approximate surface area is 191 Å². The fourth-order valence-corrected chi connectivity index (χ4v) is 4.14. The molecule has 5 rings (SSSR count). The van der Waals surface area contributed by atoms with E-state index in [0.29, 0.717) is 31.6 Å². The molecule has 0 saturated carbocycles. The number of hydrogen-bond donors (Lipinski definition) is 2. The van der Waals surface area contributed by atoms with Crippen molar-refractivity contribution in [1.29, 1.82) is 0 Å². The third kappa shape index (κ3) is 5.48. The van der Waals surface area contributed by atoms with E-state index >= 15 is 0 Å². The second kappa shape index (κ2) is 10.3. The van der Waals surface area contributed by atoms with Gasteiger partial charge in [0.05, 0.1) is 29.4 Å². The van der Waals surface area contributed by atoms with Gasteiger partial charge in [0.2, 0.25) is 0 Å². The Morgan fingerprint density at radius 3 is 2.33 bits per heavy atom. The van der Waals surface area contributed by atoms with E-state index in [4.69, 9.17) is 4.74 Å². The molecule has 0 aliphatic carbocycles. The van der Waals surface area contributed by atoms with Gasteiger partial charge in [-0.1, -0.05) is 0 Å². The molecule has 1 amide bonds. The largest absolute Gasteiger partial charge is 0.394 e. The van der Waals surface area contributed by atoms with Crippen molar-refractivity contribution in [1.82, 2.24) is 14.9 Å². The number of hydrogen-bond acceptors (Lipinski definition) is 5. The van der Waals surface area contributed by atoms with Gasteiger partial charge in [-0.15, -0.1) is 0 Å². The predicted molar refractivity (Wildman–Crippen MR) is 120 cm³/mol. The molecule has 3 aromatic rings. The van der Waals surface area contributed by atoms with Gasteiger partial charge in [0.25, 0.3) is 5.91 Å². The minimum absolute atomic E-state index is 0.0830. The minimum Gasteiger partial charge on any atom is -0.394 e. The molecule has 0 bridgehead atoms. The molecule has 2 fully saturated rings. The normalized spacial score (nSPS) is 17.5. The van der Waals surface area contributed by atoms with Crippen LogP contribution < -0.4 is 10.2 Å². The van der Waals surface area contributed by atoms with Gasteiger partial charge in [0, 0.05) is 38.2 Å². The lowest BCUT2D eigenvalue weighted by atomic mass is 9.90. The van der Waals surface area contributed by atoms with Gasteiger partial charge in [0.15, 0.2) is 0 Å². The molecule has 0 unspecified atom stereocenters. The van der Waals surface area contributed by atoms with Crippen LogP contribution in [0.3, 0.4) is 0 Å². The van der Waals surface area contributed by atoms with Crippen LogP contribution in [-0.4, -0.2) is 59.1 Å². The summed E-state index contributed by atoms with van der Waals surface area (Å²) in [6, 6.07) is 8.39. The number of aliphatic hydroxyl groups is 1. The first kappa shape index (κ1) is 23.1. The minimum atomic E-state index is -0.601. The number of aromatic nitrogens is 2. The maximum atomic E-state index is 12.9. The molecule has 0 radical (unpaired) electrons. The third-order valence-corrected chi connectivity index (χ3v) is 6.16. The van der Waals surface area contributed by atoms with Gasteiger partial charge < -0.3 is 20.1 Å². The van der Waals surface area contributed by atoms with Crippen molar-refractivity contribution in [2.45, 2.75) is 31.2 Å². The van der Waals surface area contributed by atoms with Crippen LogP contribution in [0.25, 0.3) is 5.52 Å². The standard InChI is InChI=1S/C18H24N4O3.C6H4F2/c23-13-18(4-9-25-10-5-18)20-17(24)15-12-19-22-8-3-14(11-16(15)22)21-6-1-2-7-21;7-5-1-2-6(8)4-3-5/h3,8,11-12,23H,1-2,4-7,9-10,13H2,(H,20,24);1-4H. The topological polar surface area (TPSA) is 79.1 Å². The van der Waals surface area contributed by atoms with Crippen LogP contribution in [0.1, 0.15) is 36.0 Å². The number of nitrogens with zero attached hydrogens (tertiary/aromatic N) is 3. The van der Waals surface area contributed by atoms with Crippen molar-refractivity contribution in [3.63, 3.8) is 0 Å². The molecule has 2 saturated heterocycles. The summed E-state index contributed by atoms with van der Waals surface area (Å²) in [4.78, 5) is 15.2. The number of ether oxygens (including phenoxy) is 1. The highest BCUT2D eigenvalue weighted by molar-refractivity contribution is 6.01. The molecule has 0 atom stereocenters. The average Bonchev–Trinajstić information content (AvgIpc) is 3.52. The average molecular weight is 459 g/mol. The van der Waals surface area contributed by atoms with Crippen molar-refractivity contribution < 1.29 is 23.4 Å². The zero-order chi connectivity index (χ0) is 23.3. The summed E-state index contributed by atoms with van der Waals surface area (Å²) in [5.41, 5.74) is 1.86. The van der Waals surface area contributed by atoms with Crippen LogP contribution in [0.5, 0.6) is 0 Å². The second-order valence-corrected chi connectivity index (χ2v) is 8.41. The number of fused-ring (bicyclic) bond motifs is 1. The summed E-state index contributed by atoms with van der Waals surface area (Å²) >= 11 is 0. The number of benzene rings is 1. The van der Waals surface area contributed by atoms with Gasteiger partial charge in [-0.05, 0) is 62.1 Å². The van der Waals surface area contributed by atoms with Gasteiger partial charge in [-0.2, -0.15) is 5.10 Å². The van der Waals surface area contributed by atoms with Crippen LogP contribution in [0, 0.1) is 11.6 Å². The van der Waals surface area contributed by atoms with Crippen LogP contribution in [-0.2, 0) is 4.74 Å². The van der Waals surface area contributed by atoms with E-state index in [9.17, 15) is 18.7 Å². The Bertz CT molecular complexity index is 1050. The van der Waals surface area contributed by atoms with E-state index in [-0.39, 0.29) is 12.5 Å². The number of halogens is 2. The molecular weight excluding hydrogens is 430 g/mol. The summed E-state index contributed by atoms with van der Waals surface area (Å²) in [6.45, 7) is 3.13. The van der Waals surface area contributed by atoms with Crippen molar-refractivity contribution >= 4 is 17.1 Å². The lowest BCUT2D eigenvalue weighted by molar-refractivity contribution is 0.0126. The summed E-state index contributed by atoms with van der Waals surface area (Å²) in [5, 5.41) is 17.1. The second-order valence-electron chi connectivity index (χ2n) is 8.41. The van der Waals surface area contributed by atoms with Crippen LogP contribution in [0.4, 0.5) is 14.5 Å². The maximum absolute atomic E-state index is 12.9. The number of pyridine rings is 1. The van der Waals surface area contributed by atoms with Gasteiger partial charge in [-0.25, -0.2) is 13.3 Å². The molecule has 33 heavy (non-hydrogen) atoms. The van der Waals surface area contributed by atoms with E-state index in [1.807, 2.05) is 18.3 Å². The van der Waals surface area contributed by atoms with E-state index < -0.39 is 17.2 Å². The Kier molecular flexibility index (Phi) is 7.20. The Morgan fingerprint density at radius 2 is 1.73 bits per heavy atom. The summed E-state index contributed by atoms with van der Waals surface area (Å²) in [5.74, 6) is -1.01. The number of nitrogens with one attached hydrogen (secondary N) is 1. The first-order valence-corrected chi connectivity index (χ1v) is 11.1. The van der Waals surface area contributed by atoms with E-state index in [1.54, 1.807) is 10.7 Å². The summed E-state index contributed by atoms with van der Waals surface area (Å²) in [7, 11) is 0. The molecule has 4 heterocycles. The Morgan fingerprint density at radius 1 is 1.09 bits per heavy atom. The van der Waals surface area contributed by atoms with Crippen LogP contribution >= 0.6 is 0 Å². The number of rotatable bonds is 4. The highest BCUT2D eigenvalue weighted by Gasteiger charge is 2.34. The highest BCUT2D eigenvalue weighted by atomic mass is 19.1. The number of anilines is 1. The van der Waals surface area contributed by atoms with Gasteiger partial charge in [-0.3, -0.25) is 4.79 Å². The van der Waals surface area contributed by atoms with Crippen molar-refractivity contribution in [3.05, 3.63) is 66.0 Å². The molecule has 2 aliphatic rings. The molecule has 0 spiro atoms. The van der Waals surface area contributed by atoms with Crippen LogP contribution in [0.2, 0.25) is 0 Å². The zero-order valence-corrected chi connectivity index (χ0v) is 18.3. The van der Waals surface area contributed by atoms with Crippen molar-refractivity contribution in [2.24, 2.45) is 0 Å². The van der Waals surface area contributed by atoms with Crippen molar-refractivity contribution in [2.75, 3.05) is 37.8 Å². The number of carbonyl (C=O) groups is 1. The number of carbonyl (C=O) groups excluding carboxylic acids is 1. The Balaban J connectivity index is 0.000000275.